The summed E-state index contributed by atoms with van der Waals surface area (Å²) >= 11 is 0. The smallest absolute Gasteiger partial charge is 0.374 e. The minimum absolute atomic E-state index is 0.103. The normalized spacial score (nSPS) is 12.4. The Morgan fingerprint density at radius 1 is 0.618 bits per heavy atom. The highest BCUT2D eigenvalue weighted by Crippen LogP contribution is 2.21. The van der Waals surface area contributed by atoms with Crippen molar-refractivity contribution >= 4 is 23.3 Å². The Balaban J connectivity index is 2.19. The van der Waals surface area contributed by atoms with Crippen molar-refractivity contribution in [2.75, 3.05) is 0 Å². The summed E-state index contributed by atoms with van der Waals surface area (Å²) in [6.45, 7) is 4.45. The molecule has 0 aliphatic carbocycles. The van der Waals surface area contributed by atoms with Crippen LogP contribution in [0.1, 0.15) is 48.4 Å². The molecule has 2 aromatic carbocycles. The maximum atomic E-state index is 12.7. The SMILES string of the molecule is CC(C)(OC(=O)c1ccc([N+](=O)[O-])cc1)/[N+]([O-])=[N+](\[O-])C(C)(C)OC(=O)c1ccc([N+](=O)[O-])cc1. The van der Waals surface area contributed by atoms with E-state index >= 15 is 0 Å². The summed E-state index contributed by atoms with van der Waals surface area (Å²) in [5.74, 6) is -2.07. The Kier molecular flexibility index (Phi) is 7.15. The fraction of sp³-hybridized carbons (Fsp3) is 0.300. The van der Waals surface area contributed by atoms with Gasteiger partial charge in [-0.2, -0.15) is 0 Å². The van der Waals surface area contributed by atoms with Gasteiger partial charge < -0.3 is 19.9 Å². The highest BCUT2D eigenvalue weighted by Gasteiger charge is 2.46. The number of nitro benzene ring substituents is 2. The Morgan fingerprint density at radius 2 is 0.882 bits per heavy atom. The van der Waals surface area contributed by atoms with Crippen LogP contribution in [-0.2, 0) is 9.47 Å². The molecule has 0 atom stereocenters. The van der Waals surface area contributed by atoms with Crippen LogP contribution in [0.2, 0.25) is 0 Å². The molecule has 2 rings (SSSR count). The largest absolute Gasteiger partial charge is 0.563 e. The lowest BCUT2D eigenvalue weighted by atomic mass is 10.2. The van der Waals surface area contributed by atoms with Crippen LogP contribution in [-0.4, -0.2) is 43.0 Å². The van der Waals surface area contributed by atoms with E-state index in [0.29, 0.717) is 0 Å². The van der Waals surface area contributed by atoms with Crippen molar-refractivity contribution in [2.45, 2.75) is 39.1 Å². The topological polar surface area (TPSA) is 191 Å². The second-order valence-electron chi connectivity index (χ2n) is 7.83. The average molecular weight is 476 g/mol. The zero-order valence-electron chi connectivity index (χ0n) is 18.5. The molecule has 0 radical (unpaired) electrons. The Hall–Kier alpha value is -4.62. The van der Waals surface area contributed by atoms with Crippen LogP contribution in [0.3, 0.4) is 0 Å². The van der Waals surface area contributed by atoms with E-state index in [2.05, 4.69) is 0 Å². The van der Waals surface area contributed by atoms with Crippen molar-refractivity contribution in [3.05, 3.63) is 90.3 Å². The number of non-ortho nitro benzene ring substituents is 2. The molecule has 0 fully saturated rings. The number of ether oxygens (including phenoxy) is 2. The van der Waals surface area contributed by atoms with Crippen molar-refractivity contribution in [1.29, 1.82) is 0 Å². The van der Waals surface area contributed by atoms with Crippen molar-refractivity contribution in [3.63, 3.8) is 0 Å². The average Bonchev–Trinajstić information content (AvgIpc) is 2.77. The molecule has 34 heavy (non-hydrogen) atoms. The van der Waals surface area contributed by atoms with Gasteiger partial charge in [0, 0.05) is 52.0 Å². The number of hydroxylamine groups is 2. The predicted octanol–water partition coefficient (Wildman–Crippen LogP) is 3.46. The van der Waals surface area contributed by atoms with Gasteiger partial charge in [-0.3, -0.25) is 20.2 Å². The van der Waals surface area contributed by atoms with Crippen LogP contribution < -0.4 is 0 Å². The van der Waals surface area contributed by atoms with Gasteiger partial charge >= 0.3 is 23.4 Å². The highest BCUT2D eigenvalue weighted by molar-refractivity contribution is 5.90. The number of carbonyl (C=O) groups is 2. The number of azo groups is 1. The second-order valence-corrected chi connectivity index (χ2v) is 7.83. The molecular formula is C20H20N4O10. The first-order valence-electron chi connectivity index (χ1n) is 9.56. The van der Waals surface area contributed by atoms with Crippen molar-refractivity contribution in [3.8, 4) is 0 Å². The van der Waals surface area contributed by atoms with E-state index in [-0.39, 0.29) is 32.2 Å². The van der Waals surface area contributed by atoms with Gasteiger partial charge in [-0.1, -0.05) is 0 Å². The molecule has 2 aromatic rings. The van der Waals surface area contributed by atoms with Crippen molar-refractivity contribution in [2.24, 2.45) is 0 Å². The van der Waals surface area contributed by atoms with E-state index in [0.717, 1.165) is 76.2 Å². The third kappa shape index (κ3) is 5.79. The standard InChI is InChI=1S/C20H20N4O10/c1-19(2,33-17(25)13-5-9-15(10-6-13)21(27)28)23(31)24(32)20(3,4)34-18(26)14-7-11-16(12-8-14)22(29)30/h5-12H,1-4H3/b24-23+. The third-order valence-electron chi connectivity index (χ3n) is 4.40. The summed E-state index contributed by atoms with van der Waals surface area (Å²) in [7, 11) is 0. The Morgan fingerprint density at radius 3 is 1.12 bits per heavy atom. The fourth-order valence-corrected chi connectivity index (χ4v) is 2.53. The highest BCUT2D eigenvalue weighted by atomic mass is 16.7. The number of rotatable bonds is 8. The summed E-state index contributed by atoms with van der Waals surface area (Å²) in [5, 5.41) is 46.7. The zero-order valence-corrected chi connectivity index (χ0v) is 18.5. The van der Waals surface area contributed by atoms with E-state index in [1.807, 2.05) is 0 Å². The minimum atomic E-state index is -2.07. The minimum Gasteiger partial charge on any atom is -0.563 e. The van der Waals surface area contributed by atoms with Gasteiger partial charge in [-0.25, -0.2) is 9.59 Å². The summed E-state index contributed by atoms with van der Waals surface area (Å²) in [4.78, 5) is 44.3. The maximum absolute atomic E-state index is 12.7. The zero-order chi connectivity index (χ0) is 25.8. The predicted molar refractivity (Wildman–Crippen MR) is 112 cm³/mol. The van der Waals surface area contributed by atoms with Crippen LogP contribution in [0.15, 0.2) is 48.5 Å². The molecule has 0 unspecified atom stereocenters. The molecule has 0 saturated carbocycles. The van der Waals surface area contributed by atoms with Crippen LogP contribution in [0.25, 0.3) is 0 Å². The van der Waals surface area contributed by atoms with Gasteiger partial charge in [0.05, 0.1) is 30.7 Å². The number of nitrogens with zero attached hydrogens (tertiary/aromatic N) is 4. The van der Waals surface area contributed by atoms with Gasteiger partial charge in [0.2, 0.25) is 0 Å². The molecular weight excluding hydrogens is 456 g/mol. The molecule has 0 aliphatic heterocycles. The first kappa shape index (κ1) is 25.6. The lowest BCUT2D eigenvalue weighted by Gasteiger charge is -2.25. The van der Waals surface area contributed by atoms with E-state index in [1.54, 1.807) is 0 Å². The monoisotopic (exact) mass is 476 g/mol. The van der Waals surface area contributed by atoms with Gasteiger partial charge in [0.25, 0.3) is 11.4 Å². The Bertz CT molecular complexity index is 1060. The molecule has 0 heterocycles. The van der Waals surface area contributed by atoms with Crippen LogP contribution in [0.5, 0.6) is 0 Å². The molecule has 0 amide bonds. The van der Waals surface area contributed by atoms with Crippen molar-refractivity contribution in [1.82, 2.24) is 0 Å². The van der Waals surface area contributed by atoms with Crippen molar-refractivity contribution < 1.29 is 38.6 Å². The lowest BCUT2D eigenvalue weighted by molar-refractivity contribution is -1.04. The molecule has 180 valence electrons. The van der Waals surface area contributed by atoms with Crippen LogP contribution in [0, 0.1) is 30.6 Å². The van der Waals surface area contributed by atoms with E-state index < -0.39 is 33.2 Å². The summed E-state index contributed by atoms with van der Waals surface area (Å²) < 4.78 is 10.2. The summed E-state index contributed by atoms with van der Waals surface area (Å²) in [5.41, 5.74) is -4.87. The molecule has 0 bridgehead atoms. The molecule has 0 aromatic heterocycles. The first-order valence-corrected chi connectivity index (χ1v) is 9.56. The molecule has 14 nitrogen and oxygen atoms in total. The number of esters is 2. The first-order chi connectivity index (χ1) is 15.7. The Labute approximate surface area is 192 Å². The van der Waals surface area contributed by atoms with Gasteiger partial charge in [0.15, 0.2) is 0 Å². The molecule has 14 heteroatoms. The van der Waals surface area contributed by atoms with Crippen LogP contribution in [0.4, 0.5) is 11.4 Å². The molecule has 0 N–H and O–H groups in total. The summed E-state index contributed by atoms with van der Waals surface area (Å²) in [6.07, 6.45) is 0. The quantitative estimate of drug-likeness (QED) is 0.136. The number of benzene rings is 2. The number of hydrogen-bond donors (Lipinski definition) is 0. The maximum Gasteiger partial charge on any atom is 0.374 e. The molecule has 0 spiro atoms. The fourth-order valence-electron chi connectivity index (χ4n) is 2.53. The number of carbonyl (C=O) groups excluding carboxylic acids is 2. The second kappa shape index (κ2) is 9.48. The number of hydrogen-bond acceptors (Lipinski definition) is 10. The van der Waals surface area contributed by atoms with Gasteiger partial charge in [-0.05, 0) is 24.3 Å². The number of nitro groups is 2. The molecule has 0 saturated heterocycles. The van der Waals surface area contributed by atoms with E-state index in [4.69, 9.17) is 9.47 Å². The van der Waals surface area contributed by atoms with Crippen LogP contribution >= 0.6 is 0 Å². The molecule has 0 aliphatic rings. The van der Waals surface area contributed by atoms with Gasteiger partial charge in [0.1, 0.15) is 0 Å². The van der Waals surface area contributed by atoms with Gasteiger partial charge in [-0.15, -0.1) is 0 Å². The third-order valence-corrected chi connectivity index (χ3v) is 4.40. The van der Waals surface area contributed by atoms with E-state index in [1.165, 1.54) is 0 Å². The van der Waals surface area contributed by atoms with E-state index in [9.17, 15) is 40.2 Å². The summed E-state index contributed by atoms with van der Waals surface area (Å²) in [6, 6.07) is 8.76. The lowest BCUT2D eigenvalue weighted by Crippen LogP contribution is -2.49.